The summed E-state index contributed by atoms with van der Waals surface area (Å²) in [4.78, 5) is 12.0. The van der Waals surface area contributed by atoms with Crippen molar-refractivity contribution in [2.75, 3.05) is 0 Å². The van der Waals surface area contributed by atoms with Crippen LogP contribution in [-0.4, -0.2) is 25.1 Å². The molecule has 96 valence electrons. The van der Waals surface area contributed by atoms with E-state index in [1.807, 2.05) is 30.6 Å². The van der Waals surface area contributed by atoms with Gasteiger partial charge in [0.1, 0.15) is 5.52 Å². The van der Waals surface area contributed by atoms with Gasteiger partial charge in [-0.1, -0.05) is 18.2 Å². The van der Waals surface area contributed by atoms with Gasteiger partial charge in [0.05, 0.1) is 18.1 Å². The van der Waals surface area contributed by atoms with Gasteiger partial charge in [-0.25, -0.2) is 9.97 Å². The molecule has 3 aromatic heterocycles. The molecular weight excluding hydrogens is 250 g/mol. The van der Waals surface area contributed by atoms with Gasteiger partial charge in [-0.15, -0.1) is 0 Å². The van der Waals surface area contributed by atoms with Crippen molar-refractivity contribution >= 4 is 11.2 Å². The summed E-state index contributed by atoms with van der Waals surface area (Å²) >= 11 is 0. The van der Waals surface area contributed by atoms with E-state index >= 15 is 0 Å². The van der Waals surface area contributed by atoms with E-state index in [-0.39, 0.29) is 0 Å². The minimum atomic E-state index is 0.805. The number of aromatic amines is 2. The number of H-pyrrole nitrogens is 2. The first kappa shape index (κ1) is 10.9. The van der Waals surface area contributed by atoms with Crippen molar-refractivity contribution in [2.45, 2.75) is 0 Å². The first-order chi connectivity index (χ1) is 9.90. The first-order valence-corrected chi connectivity index (χ1v) is 6.30. The Bertz CT molecular complexity index is 861. The molecule has 5 heteroatoms. The molecule has 1 aromatic carbocycles. The predicted octanol–water partition coefficient (Wildman–Crippen LogP) is 3.02. The van der Waals surface area contributed by atoms with E-state index in [1.54, 1.807) is 12.4 Å². The van der Waals surface area contributed by atoms with Gasteiger partial charge in [0.25, 0.3) is 0 Å². The lowest BCUT2D eigenvalue weighted by molar-refractivity contribution is 1.09. The third-order valence-electron chi connectivity index (χ3n) is 3.25. The van der Waals surface area contributed by atoms with Crippen molar-refractivity contribution in [1.82, 2.24) is 25.1 Å². The van der Waals surface area contributed by atoms with Gasteiger partial charge >= 0.3 is 0 Å². The molecule has 0 aliphatic heterocycles. The zero-order valence-electron chi connectivity index (χ0n) is 10.5. The maximum absolute atomic E-state index is 4.61. The highest BCUT2D eigenvalue weighted by molar-refractivity contribution is 5.76. The van der Waals surface area contributed by atoms with Crippen molar-refractivity contribution in [3.63, 3.8) is 0 Å². The molecule has 0 radical (unpaired) electrons. The number of aromatic nitrogens is 5. The smallest absolute Gasteiger partial charge is 0.156 e. The topological polar surface area (TPSA) is 70.2 Å². The summed E-state index contributed by atoms with van der Waals surface area (Å²) in [6, 6.07) is 10.1. The largest absolute Gasteiger partial charge is 0.345 e. The summed E-state index contributed by atoms with van der Waals surface area (Å²) in [5, 5.41) is 6.80. The van der Waals surface area contributed by atoms with Gasteiger partial charge < -0.3 is 4.98 Å². The Morgan fingerprint density at radius 3 is 2.80 bits per heavy atom. The predicted molar refractivity (Wildman–Crippen MR) is 76.9 cm³/mol. The second-order valence-electron chi connectivity index (χ2n) is 4.53. The molecule has 5 nitrogen and oxygen atoms in total. The fourth-order valence-corrected chi connectivity index (χ4v) is 2.24. The highest BCUT2D eigenvalue weighted by atomic mass is 15.1. The fraction of sp³-hybridized carbons (Fsp3) is 0. The highest BCUT2D eigenvalue weighted by Gasteiger charge is 2.05. The molecule has 4 aromatic rings. The second kappa shape index (κ2) is 4.31. The molecule has 0 saturated carbocycles. The summed E-state index contributed by atoms with van der Waals surface area (Å²) in [6.45, 7) is 0. The van der Waals surface area contributed by atoms with Crippen LogP contribution in [0.1, 0.15) is 0 Å². The van der Waals surface area contributed by atoms with E-state index in [1.165, 1.54) is 0 Å². The van der Waals surface area contributed by atoms with E-state index < -0.39 is 0 Å². The molecule has 0 spiro atoms. The van der Waals surface area contributed by atoms with Crippen LogP contribution in [-0.2, 0) is 0 Å². The van der Waals surface area contributed by atoms with Gasteiger partial charge in [-0.05, 0) is 17.7 Å². The number of nitrogens with zero attached hydrogens (tertiary/aromatic N) is 3. The molecular formula is C15H11N5. The summed E-state index contributed by atoms with van der Waals surface area (Å²) in [5.74, 6) is 0. The molecule has 0 fully saturated rings. The summed E-state index contributed by atoms with van der Waals surface area (Å²) in [5.41, 5.74) is 5.74. The van der Waals surface area contributed by atoms with Crippen molar-refractivity contribution in [3.05, 3.63) is 55.1 Å². The Kier molecular flexibility index (Phi) is 2.35. The second-order valence-corrected chi connectivity index (χ2v) is 4.53. The van der Waals surface area contributed by atoms with Crippen molar-refractivity contribution < 1.29 is 0 Å². The minimum Gasteiger partial charge on any atom is -0.345 e. The third kappa shape index (κ3) is 1.76. The lowest BCUT2D eigenvalue weighted by Crippen LogP contribution is -1.87. The average Bonchev–Trinajstić information content (AvgIpc) is 3.18. The summed E-state index contributed by atoms with van der Waals surface area (Å²) in [7, 11) is 0. The lowest BCUT2D eigenvalue weighted by atomic mass is 10.0. The molecule has 0 aliphatic rings. The lowest BCUT2D eigenvalue weighted by Gasteiger charge is -2.03. The number of hydrogen-bond donors (Lipinski definition) is 2. The molecule has 0 saturated heterocycles. The molecule has 0 aliphatic carbocycles. The molecule has 3 heterocycles. The van der Waals surface area contributed by atoms with Gasteiger partial charge in [0.15, 0.2) is 5.65 Å². The molecule has 2 N–H and O–H groups in total. The molecule has 0 amide bonds. The Hall–Kier alpha value is -2.95. The quantitative estimate of drug-likeness (QED) is 0.582. The first-order valence-electron chi connectivity index (χ1n) is 6.30. The fourth-order valence-electron chi connectivity index (χ4n) is 2.24. The minimum absolute atomic E-state index is 0.805. The number of nitrogens with one attached hydrogen (secondary N) is 2. The van der Waals surface area contributed by atoms with Crippen LogP contribution >= 0.6 is 0 Å². The van der Waals surface area contributed by atoms with Crippen LogP contribution in [0.2, 0.25) is 0 Å². The van der Waals surface area contributed by atoms with Crippen LogP contribution in [0.3, 0.4) is 0 Å². The molecule has 0 atom stereocenters. The molecule has 4 rings (SSSR count). The van der Waals surface area contributed by atoms with E-state index in [4.69, 9.17) is 0 Å². The Morgan fingerprint density at radius 1 is 0.950 bits per heavy atom. The number of benzene rings is 1. The standard InChI is InChI=1S/C15H11N5/c1-2-10(12-7-18-19-8-12)6-11(3-1)14-9-17-15-13(20-14)4-5-16-15/h1-9H,(H,16,17)(H,18,19). The SMILES string of the molecule is c1cc(-c2cn[nH]c2)cc(-c2cnc3[nH]ccc3n2)c1. The number of rotatable bonds is 2. The Balaban J connectivity index is 1.83. The number of fused-ring (bicyclic) bond motifs is 1. The van der Waals surface area contributed by atoms with E-state index in [0.717, 1.165) is 33.5 Å². The maximum Gasteiger partial charge on any atom is 0.156 e. The van der Waals surface area contributed by atoms with E-state index in [2.05, 4.69) is 37.3 Å². The van der Waals surface area contributed by atoms with Crippen LogP contribution in [0.4, 0.5) is 0 Å². The zero-order valence-corrected chi connectivity index (χ0v) is 10.5. The van der Waals surface area contributed by atoms with Crippen molar-refractivity contribution in [3.8, 4) is 22.4 Å². The Morgan fingerprint density at radius 2 is 1.90 bits per heavy atom. The number of hydrogen-bond acceptors (Lipinski definition) is 3. The van der Waals surface area contributed by atoms with Gasteiger partial charge in [0.2, 0.25) is 0 Å². The van der Waals surface area contributed by atoms with Gasteiger partial charge in [-0.3, -0.25) is 5.10 Å². The molecule has 20 heavy (non-hydrogen) atoms. The Labute approximate surface area is 114 Å². The zero-order chi connectivity index (χ0) is 13.4. The van der Waals surface area contributed by atoms with Gasteiger partial charge in [0, 0.05) is 23.5 Å². The van der Waals surface area contributed by atoms with Crippen molar-refractivity contribution in [1.29, 1.82) is 0 Å². The normalized spacial score (nSPS) is 11.0. The molecule has 0 bridgehead atoms. The average molecular weight is 261 g/mol. The summed E-state index contributed by atoms with van der Waals surface area (Å²) < 4.78 is 0. The third-order valence-corrected chi connectivity index (χ3v) is 3.25. The van der Waals surface area contributed by atoms with Crippen molar-refractivity contribution in [2.24, 2.45) is 0 Å². The van der Waals surface area contributed by atoms with Crippen LogP contribution in [0.15, 0.2) is 55.1 Å². The van der Waals surface area contributed by atoms with Crippen LogP contribution in [0.5, 0.6) is 0 Å². The molecule has 0 unspecified atom stereocenters. The maximum atomic E-state index is 4.61. The monoisotopic (exact) mass is 261 g/mol. The summed E-state index contributed by atoms with van der Waals surface area (Å²) in [6.07, 6.45) is 7.31. The van der Waals surface area contributed by atoms with E-state index in [0.29, 0.717) is 0 Å². The van der Waals surface area contributed by atoms with E-state index in [9.17, 15) is 0 Å². The van der Waals surface area contributed by atoms with Crippen LogP contribution < -0.4 is 0 Å². The highest BCUT2D eigenvalue weighted by Crippen LogP contribution is 2.25. The van der Waals surface area contributed by atoms with Crippen LogP contribution in [0.25, 0.3) is 33.5 Å². The van der Waals surface area contributed by atoms with Gasteiger partial charge in [-0.2, -0.15) is 5.10 Å². The van der Waals surface area contributed by atoms with Crippen LogP contribution in [0, 0.1) is 0 Å².